The second-order valence-electron chi connectivity index (χ2n) is 5.86. The summed E-state index contributed by atoms with van der Waals surface area (Å²) in [5.41, 5.74) is 1.00. The van der Waals surface area contributed by atoms with E-state index in [1.165, 1.54) is 24.3 Å². The van der Waals surface area contributed by atoms with Gasteiger partial charge in [-0.05, 0) is 35.9 Å². The van der Waals surface area contributed by atoms with Crippen molar-refractivity contribution in [2.75, 3.05) is 17.1 Å². The van der Waals surface area contributed by atoms with E-state index in [0.717, 1.165) is 10.6 Å². The Hall–Kier alpha value is -2.32. The number of fused-ring (bicyclic) bond motifs is 1. The summed E-state index contributed by atoms with van der Waals surface area (Å²) in [5.74, 6) is -0.577. The Balaban J connectivity index is 1.77. The van der Waals surface area contributed by atoms with Crippen LogP contribution in [0.3, 0.4) is 0 Å². The van der Waals surface area contributed by atoms with E-state index in [-0.39, 0.29) is 24.7 Å². The Labute approximate surface area is 155 Å². The van der Waals surface area contributed by atoms with Gasteiger partial charge in [0, 0.05) is 11.6 Å². The van der Waals surface area contributed by atoms with E-state index in [2.05, 4.69) is 5.32 Å². The summed E-state index contributed by atoms with van der Waals surface area (Å²) in [4.78, 5) is 12.4. The minimum Gasteiger partial charge on any atom is -0.476 e. The molecule has 0 unspecified atom stereocenters. The van der Waals surface area contributed by atoms with Gasteiger partial charge >= 0.3 is 0 Å². The fourth-order valence-corrected chi connectivity index (χ4v) is 3.65. The Morgan fingerprint density at radius 1 is 1.31 bits per heavy atom. The molecule has 0 bridgehead atoms. The van der Waals surface area contributed by atoms with Crippen molar-refractivity contribution in [2.24, 2.45) is 0 Å². The number of carbonyl (C=O) groups excluding carboxylic acids is 1. The first kappa shape index (κ1) is 18.5. The van der Waals surface area contributed by atoms with Crippen molar-refractivity contribution in [2.45, 2.75) is 12.6 Å². The highest BCUT2D eigenvalue weighted by atomic mass is 35.5. The maximum absolute atomic E-state index is 12.9. The third-order valence-corrected chi connectivity index (χ3v) is 5.24. The molecule has 2 aromatic rings. The van der Waals surface area contributed by atoms with Crippen LogP contribution in [0.4, 0.5) is 10.1 Å². The molecule has 1 aliphatic rings. The van der Waals surface area contributed by atoms with Gasteiger partial charge in [-0.1, -0.05) is 23.7 Å². The molecule has 138 valence electrons. The van der Waals surface area contributed by atoms with Gasteiger partial charge in [0.1, 0.15) is 11.6 Å². The number of nitrogens with one attached hydrogen (secondary N) is 1. The molecular formula is C17H16ClFN2O4S. The lowest BCUT2D eigenvalue weighted by molar-refractivity contribution is -0.127. The molecule has 9 heteroatoms. The summed E-state index contributed by atoms with van der Waals surface area (Å²) in [7, 11) is -3.62. The molecule has 0 aliphatic carbocycles. The van der Waals surface area contributed by atoms with Crippen LogP contribution in [0, 0.1) is 5.82 Å². The summed E-state index contributed by atoms with van der Waals surface area (Å²) in [6.45, 7) is 0.00670. The van der Waals surface area contributed by atoms with Crippen LogP contribution in [0.1, 0.15) is 5.56 Å². The normalized spacial score (nSPS) is 16.6. The van der Waals surface area contributed by atoms with Crippen molar-refractivity contribution in [1.29, 1.82) is 0 Å². The zero-order chi connectivity index (χ0) is 18.9. The monoisotopic (exact) mass is 398 g/mol. The van der Waals surface area contributed by atoms with Crippen molar-refractivity contribution >= 4 is 33.2 Å². The molecular weight excluding hydrogens is 383 g/mol. The van der Waals surface area contributed by atoms with Gasteiger partial charge in [-0.25, -0.2) is 12.8 Å². The Morgan fingerprint density at radius 2 is 2.00 bits per heavy atom. The fraction of sp³-hybridized carbons (Fsp3) is 0.235. The lowest BCUT2D eigenvalue weighted by Crippen LogP contribution is -2.50. The van der Waals surface area contributed by atoms with Gasteiger partial charge in [-0.2, -0.15) is 0 Å². The van der Waals surface area contributed by atoms with Gasteiger partial charge in [0.15, 0.2) is 6.10 Å². The average Bonchev–Trinajstić information content (AvgIpc) is 2.59. The van der Waals surface area contributed by atoms with Gasteiger partial charge in [0.25, 0.3) is 5.91 Å². The number of sulfonamides is 1. The molecule has 0 aromatic heterocycles. The lowest BCUT2D eigenvalue weighted by atomic mass is 10.2. The molecule has 1 heterocycles. The number of carbonyl (C=O) groups is 1. The number of rotatable bonds is 4. The number of anilines is 1. The van der Waals surface area contributed by atoms with Crippen LogP contribution in [0.2, 0.25) is 5.02 Å². The predicted molar refractivity (Wildman–Crippen MR) is 96.3 cm³/mol. The number of hydrogen-bond donors (Lipinski definition) is 1. The quantitative estimate of drug-likeness (QED) is 0.857. The molecule has 0 radical (unpaired) electrons. The zero-order valence-corrected chi connectivity index (χ0v) is 15.3. The van der Waals surface area contributed by atoms with Crippen LogP contribution in [0.25, 0.3) is 0 Å². The van der Waals surface area contributed by atoms with E-state index in [0.29, 0.717) is 16.3 Å². The van der Waals surface area contributed by atoms with Gasteiger partial charge in [-0.3, -0.25) is 9.10 Å². The number of halogens is 2. The summed E-state index contributed by atoms with van der Waals surface area (Å²) in [6, 6.07) is 10.3. The van der Waals surface area contributed by atoms with E-state index in [1.54, 1.807) is 18.2 Å². The Morgan fingerprint density at radius 3 is 2.65 bits per heavy atom. The SMILES string of the molecule is CS(=O)(=O)N1C[C@H](C(=O)NCc2ccc(F)cc2)Oc2ccc(Cl)cc21. The molecule has 0 fully saturated rings. The first-order chi connectivity index (χ1) is 12.2. The minimum atomic E-state index is -3.62. The summed E-state index contributed by atoms with van der Waals surface area (Å²) >= 11 is 5.94. The van der Waals surface area contributed by atoms with Crippen LogP contribution in [-0.2, 0) is 21.4 Å². The second-order valence-corrected chi connectivity index (χ2v) is 8.20. The average molecular weight is 399 g/mol. The molecule has 1 N–H and O–H groups in total. The third-order valence-electron chi connectivity index (χ3n) is 3.86. The maximum atomic E-state index is 12.9. The van der Waals surface area contributed by atoms with Gasteiger partial charge in [0.05, 0.1) is 18.5 Å². The van der Waals surface area contributed by atoms with E-state index in [9.17, 15) is 17.6 Å². The maximum Gasteiger partial charge on any atom is 0.263 e. The van der Waals surface area contributed by atoms with E-state index in [1.807, 2.05) is 0 Å². The summed E-state index contributed by atoms with van der Waals surface area (Å²) in [5, 5.41) is 3.03. The Bertz CT molecular complexity index is 934. The number of hydrogen-bond acceptors (Lipinski definition) is 4. The third kappa shape index (κ3) is 4.08. The molecule has 1 atom stereocenters. The highest BCUT2D eigenvalue weighted by Crippen LogP contribution is 2.37. The molecule has 0 spiro atoms. The van der Waals surface area contributed by atoms with E-state index < -0.39 is 22.0 Å². The summed E-state index contributed by atoms with van der Waals surface area (Å²) in [6.07, 6.45) is 0.0371. The zero-order valence-electron chi connectivity index (χ0n) is 13.8. The molecule has 0 saturated heterocycles. The molecule has 26 heavy (non-hydrogen) atoms. The number of benzene rings is 2. The standard InChI is InChI=1S/C17H16ClFN2O4S/c1-26(23,24)21-10-16(25-15-7-4-12(18)8-14(15)21)17(22)20-9-11-2-5-13(19)6-3-11/h2-8,16H,9-10H2,1H3,(H,20,22)/t16-/m1/s1. The van der Waals surface area contributed by atoms with Crippen molar-refractivity contribution in [3.05, 3.63) is 58.9 Å². The molecule has 3 rings (SSSR count). The highest BCUT2D eigenvalue weighted by molar-refractivity contribution is 7.92. The van der Waals surface area contributed by atoms with Crippen LogP contribution in [0.5, 0.6) is 5.75 Å². The highest BCUT2D eigenvalue weighted by Gasteiger charge is 2.35. The van der Waals surface area contributed by atoms with Crippen LogP contribution >= 0.6 is 11.6 Å². The van der Waals surface area contributed by atoms with Crippen molar-refractivity contribution in [3.63, 3.8) is 0 Å². The molecule has 2 aromatic carbocycles. The smallest absolute Gasteiger partial charge is 0.263 e. The topological polar surface area (TPSA) is 75.7 Å². The van der Waals surface area contributed by atoms with E-state index >= 15 is 0 Å². The molecule has 6 nitrogen and oxygen atoms in total. The number of nitrogens with zero attached hydrogens (tertiary/aromatic N) is 1. The minimum absolute atomic E-state index is 0.165. The van der Waals surface area contributed by atoms with Crippen molar-refractivity contribution in [3.8, 4) is 5.75 Å². The first-order valence-electron chi connectivity index (χ1n) is 7.70. The second kappa shape index (κ2) is 7.13. The number of amides is 1. The first-order valence-corrected chi connectivity index (χ1v) is 9.93. The van der Waals surface area contributed by atoms with Gasteiger partial charge < -0.3 is 10.1 Å². The summed E-state index contributed by atoms with van der Waals surface area (Å²) < 4.78 is 43.9. The predicted octanol–water partition coefficient (Wildman–Crippen LogP) is 2.32. The Kier molecular flexibility index (Phi) is 5.06. The molecule has 1 amide bonds. The lowest BCUT2D eigenvalue weighted by Gasteiger charge is -2.34. The molecule has 0 saturated carbocycles. The van der Waals surface area contributed by atoms with Crippen molar-refractivity contribution < 1.29 is 22.3 Å². The van der Waals surface area contributed by atoms with Gasteiger partial charge in [-0.15, -0.1) is 0 Å². The molecule has 1 aliphatic heterocycles. The van der Waals surface area contributed by atoms with Crippen LogP contribution in [0.15, 0.2) is 42.5 Å². The fourth-order valence-electron chi connectivity index (χ4n) is 2.58. The van der Waals surface area contributed by atoms with Gasteiger partial charge in [0.2, 0.25) is 10.0 Å². The van der Waals surface area contributed by atoms with Crippen molar-refractivity contribution in [1.82, 2.24) is 5.32 Å². The number of ether oxygens (including phenoxy) is 1. The van der Waals surface area contributed by atoms with E-state index in [4.69, 9.17) is 16.3 Å². The van der Waals surface area contributed by atoms with Crippen LogP contribution in [-0.4, -0.2) is 33.2 Å². The van der Waals surface area contributed by atoms with Crippen LogP contribution < -0.4 is 14.4 Å². The largest absolute Gasteiger partial charge is 0.476 e.